The molecule has 0 radical (unpaired) electrons. The van der Waals surface area contributed by atoms with Crippen LogP contribution in [0.3, 0.4) is 0 Å². The Morgan fingerprint density at radius 2 is 1.50 bits per heavy atom. The number of sulfonamides is 2. The number of hydrogen-bond acceptors (Lipinski definition) is 8. The lowest BCUT2D eigenvalue weighted by Gasteiger charge is -2.29. The van der Waals surface area contributed by atoms with Gasteiger partial charge >= 0.3 is 5.97 Å². The molecule has 1 aliphatic rings. The van der Waals surface area contributed by atoms with Gasteiger partial charge in [-0.3, -0.25) is 9.59 Å². The van der Waals surface area contributed by atoms with E-state index in [2.05, 4.69) is 0 Å². The van der Waals surface area contributed by atoms with Gasteiger partial charge in [-0.15, -0.1) is 0 Å². The average Bonchev–Trinajstić information content (AvgIpc) is 3.24. The average molecular weight is 642 g/mol. The maximum absolute atomic E-state index is 14.4. The maximum Gasteiger partial charge on any atom is 0.338 e. The van der Waals surface area contributed by atoms with E-state index in [1.165, 1.54) is 48.5 Å². The number of aryl methyl sites for hydroxylation is 2. The molecule has 44 heavy (non-hydrogen) atoms. The molecule has 1 aliphatic heterocycles. The van der Waals surface area contributed by atoms with E-state index in [1.54, 1.807) is 20.8 Å². The third-order valence-corrected chi connectivity index (χ3v) is 11.0. The summed E-state index contributed by atoms with van der Waals surface area (Å²) in [6.45, 7) is 8.73. The molecule has 0 spiro atoms. The minimum Gasteiger partial charge on any atom is -0.462 e. The van der Waals surface area contributed by atoms with Crippen LogP contribution in [0.2, 0.25) is 0 Å². The van der Waals surface area contributed by atoms with E-state index >= 15 is 0 Å². The highest BCUT2D eigenvalue weighted by Crippen LogP contribution is 2.34. The van der Waals surface area contributed by atoms with Crippen molar-refractivity contribution in [1.82, 2.24) is 4.31 Å². The van der Waals surface area contributed by atoms with Gasteiger partial charge in [-0.25, -0.2) is 31.7 Å². The SMILES string of the molecule is CCOC(=O)c1ccc(N2C(=O)CC(N(CCc3ccc(S(N)(=O)=O)cc3)S(=O)(=O)c3c(C)c(C)cc(C)c3C)C2=O)cc1. The van der Waals surface area contributed by atoms with Crippen LogP contribution < -0.4 is 10.0 Å². The van der Waals surface area contributed by atoms with Gasteiger partial charge in [-0.2, -0.15) is 4.31 Å². The predicted octanol–water partition coefficient (Wildman–Crippen LogP) is 3.31. The molecule has 1 unspecified atom stereocenters. The smallest absolute Gasteiger partial charge is 0.338 e. The summed E-state index contributed by atoms with van der Waals surface area (Å²) in [5.41, 5.74) is 3.66. The Hall–Kier alpha value is -3.91. The maximum atomic E-state index is 14.4. The van der Waals surface area contributed by atoms with E-state index in [0.29, 0.717) is 16.7 Å². The number of anilines is 1. The van der Waals surface area contributed by atoms with Gasteiger partial charge in [-0.1, -0.05) is 18.2 Å². The molecule has 0 saturated carbocycles. The van der Waals surface area contributed by atoms with Crippen LogP contribution in [-0.4, -0.2) is 58.1 Å². The number of primary sulfonamides is 1. The Morgan fingerprint density at radius 1 is 0.932 bits per heavy atom. The lowest BCUT2D eigenvalue weighted by atomic mass is 10.0. The first-order valence-electron chi connectivity index (χ1n) is 13.9. The third kappa shape index (κ3) is 6.46. The standard InChI is InChI=1S/C31H35N3O8S2/c1-6-42-31(37)24-9-11-25(12-10-24)34-28(35)18-27(30(34)36)33(16-15-23-7-13-26(14-8-23)43(32,38)39)44(40,41)29-21(4)19(2)17-20(3)22(29)5/h7-14,17,27H,6,15-16,18H2,1-5H3,(H2,32,38,39). The number of nitrogens with zero attached hydrogens (tertiary/aromatic N) is 2. The number of rotatable bonds is 10. The summed E-state index contributed by atoms with van der Waals surface area (Å²) in [5.74, 6) is -1.85. The van der Waals surface area contributed by atoms with Crippen LogP contribution >= 0.6 is 0 Å². The zero-order valence-electron chi connectivity index (χ0n) is 25.2. The van der Waals surface area contributed by atoms with E-state index in [0.717, 1.165) is 20.3 Å². The molecule has 0 aromatic heterocycles. The zero-order chi connectivity index (χ0) is 32.6. The predicted molar refractivity (Wildman–Crippen MR) is 164 cm³/mol. The van der Waals surface area contributed by atoms with Gasteiger partial charge in [0.1, 0.15) is 6.04 Å². The van der Waals surface area contributed by atoms with Crippen LogP contribution in [0, 0.1) is 27.7 Å². The lowest BCUT2D eigenvalue weighted by molar-refractivity contribution is -0.122. The monoisotopic (exact) mass is 641 g/mol. The number of amides is 2. The quantitative estimate of drug-likeness (QED) is 0.261. The van der Waals surface area contributed by atoms with Gasteiger partial charge in [0.15, 0.2) is 0 Å². The van der Waals surface area contributed by atoms with Gasteiger partial charge in [-0.05, 0) is 105 Å². The largest absolute Gasteiger partial charge is 0.462 e. The second kappa shape index (κ2) is 12.6. The molecular formula is C31H35N3O8S2. The van der Waals surface area contributed by atoms with Crippen LogP contribution in [0.15, 0.2) is 64.4 Å². The number of hydrogen-bond donors (Lipinski definition) is 1. The Bertz CT molecular complexity index is 1810. The molecule has 1 saturated heterocycles. The minimum atomic E-state index is -4.32. The zero-order valence-corrected chi connectivity index (χ0v) is 26.8. The summed E-state index contributed by atoms with van der Waals surface area (Å²) in [6, 6.07) is 12.0. The van der Waals surface area contributed by atoms with Gasteiger partial charge in [0, 0.05) is 6.54 Å². The van der Waals surface area contributed by atoms with Gasteiger partial charge in [0.25, 0.3) is 5.91 Å². The van der Waals surface area contributed by atoms with Crippen LogP contribution in [-0.2, 0) is 40.8 Å². The van der Waals surface area contributed by atoms with E-state index in [1.807, 2.05) is 19.9 Å². The highest BCUT2D eigenvalue weighted by molar-refractivity contribution is 7.89. The molecule has 1 atom stereocenters. The number of ether oxygens (including phenoxy) is 1. The summed E-state index contributed by atoms with van der Waals surface area (Å²) in [6.07, 6.45) is -0.260. The number of carbonyl (C=O) groups excluding carboxylic acids is 3. The Morgan fingerprint density at radius 3 is 2.02 bits per heavy atom. The summed E-state index contributed by atoms with van der Waals surface area (Å²) in [5, 5.41) is 5.20. The Balaban J connectivity index is 1.74. The van der Waals surface area contributed by atoms with Gasteiger partial charge in [0.05, 0.1) is 34.1 Å². The molecule has 4 rings (SSSR count). The molecule has 1 fully saturated rings. The summed E-state index contributed by atoms with van der Waals surface area (Å²) >= 11 is 0. The molecule has 13 heteroatoms. The normalized spacial score (nSPS) is 15.7. The van der Waals surface area contributed by atoms with Crippen molar-refractivity contribution < 1.29 is 36.0 Å². The number of nitrogens with two attached hydrogens (primary N) is 1. The van der Waals surface area contributed by atoms with E-state index in [-0.39, 0.29) is 47.0 Å². The van der Waals surface area contributed by atoms with E-state index in [9.17, 15) is 31.2 Å². The molecule has 234 valence electrons. The molecule has 11 nitrogen and oxygen atoms in total. The van der Waals surface area contributed by atoms with Crippen molar-refractivity contribution in [3.05, 3.63) is 88.0 Å². The van der Waals surface area contributed by atoms with Gasteiger partial charge < -0.3 is 4.74 Å². The van der Waals surface area contributed by atoms with Crippen LogP contribution in [0.5, 0.6) is 0 Å². The fraction of sp³-hybridized carbons (Fsp3) is 0.323. The molecular weight excluding hydrogens is 606 g/mol. The number of carbonyl (C=O) groups is 3. The summed E-state index contributed by atoms with van der Waals surface area (Å²) in [4.78, 5) is 40.1. The van der Waals surface area contributed by atoms with Crippen molar-refractivity contribution in [2.45, 2.75) is 63.3 Å². The van der Waals surface area contributed by atoms with Crippen molar-refractivity contribution in [3.8, 4) is 0 Å². The first kappa shape index (κ1) is 33.0. The first-order chi connectivity index (χ1) is 20.6. The molecule has 0 bridgehead atoms. The highest BCUT2D eigenvalue weighted by Gasteiger charge is 2.47. The number of esters is 1. The van der Waals surface area contributed by atoms with Crippen molar-refractivity contribution in [2.75, 3.05) is 18.1 Å². The second-order valence-corrected chi connectivity index (χ2v) is 14.1. The number of imide groups is 1. The molecule has 3 aromatic carbocycles. The molecule has 0 aliphatic carbocycles. The molecule has 1 heterocycles. The molecule has 2 amide bonds. The van der Waals surface area contributed by atoms with Crippen molar-refractivity contribution >= 4 is 43.5 Å². The second-order valence-electron chi connectivity index (χ2n) is 10.7. The van der Waals surface area contributed by atoms with Crippen LogP contribution in [0.4, 0.5) is 5.69 Å². The lowest BCUT2D eigenvalue weighted by Crippen LogP contribution is -2.46. The third-order valence-electron chi connectivity index (χ3n) is 7.84. The van der Waals surface area contributed by atoms with Crippen molar-refractivity contribution in [3.63, 3.8) is 0 Å². The van der Waals surface area contributed by atoms with Crippen LogP contribution in [0.25, 0.3) is 0 Å². The Kier molecular flexibility index (Phi) is 9.45. The summed E-state index contributed by atoms with van der Waals surface area (Å²) in [7, 11) is -8.24. The van der Waals surface area contributed by atoms with Crippen molar-refractivity contribution in [2.24, 2.45) is 5.14 Å². The summed E-state index contributed by atoms with van der Waals surface area (Å²) < 4.78 is 58.3. The van der Waals surface area contributed by atoms with E-state index < -0.39 is 43.9 Å². The van der Waals surface area contributed by atoms with Crippen molar-refractivity contribution in [1.29, 1.82) is 0 Å². The topological polar surface area (TPSA) is 161 Å². The first-order valence-corrected chi connectivity index (χ1v) is 16.9. The number of benzene rings is 3. The fourth-order valence-corrected chi connectivity index (χ4v) is 7.96. The minimum absolute atomic E-state index is 0.0806. The van der Waals surface area contributed by atoms with Crippen LogP contribution in [0.1, 0.15) is 51.5 Å². The molecule has 3 aromatic rings. The van der Waals surface area contributed by atoms with Gasteiger partial charge in [0.2, 0.25) is 26.0 Å². The Labute approximate surface area is 257 Å². The fourth-order valence-electron chi connectivity index (χ4n) is 5.29. The van der Waals surface area contributed by atoms with E-state index in [4.69, 9.17) is 9.88 Å². The molecule has 2 N–H and O–H groups in total. The highest BCUT2D eigenvalue weighted by atomic mass is 32.2.